The lowest BCUT2D eigenvalue weighted by Gasteiger charge is -1.97. The molecule has 1 heterocycles. The molecule has 0 bridgehead atoms. The highest BCUT2D eigenvalue weighted by Gasteiger charge is 2.10. The van der Waals surface area contributed by atoms with Crippen molar-refractivity contribution in [2.75, 3.05) is 5.75 Å². The molecule has 0 saturated carbocycles. The number of aromatic nitrogens is 2. The molecule has 0 aliphatic carbocycles. The lowest BCUT2D eigenvalue weighted by Crippen LogP contribution is -1.96. The number of aryl methyl sites for hydroxylation is 1. The van der Waals surface area contributed by atoms with Gasteiger partial charge in [0.05, 0.1) is 5.75 Å². The third-order valence-electron chi connectivity index (χ3n) is 1.63. The molecule has 5 heteroatoms. The Bertz CT molecular complexity index is 309. The van der Waals surface area contributed by atoms with Crippen molar-refractivity contribution in [3.8, 4) is 0 Å². The fourth-order valence-electron chi connectivity index (χ4n) is 0.935. The topological polar surface area (TPSA) is 55.1 Å². The van der Waals surface area contributed by atoms with Crippen LogP contribution >= 0.6 is 11.8 Å². The van der Waals surface area contributed by atoms with Crippen molar-refractivity contribution >= 4 is 17.7 Å². The van der Waals surface area contributed by atoms with Crippen LogP contribution in [0.5, 0.6) is 0 Å². The molecular weight excluding hydrogens is 188 g/mol. The van der Waals surface area contributed by atoms with Crippen molar-refractivity contribution in [1.29, 1.82) is 0 Å². The van der Waals surface area contributed by atoms with Gasteiger partial charge >= 0.3 is 5.97 Å². The Morgan fingerprint density at radius 3 is 2.92 bits per heavy atom. The van der Waals surface area contributed by atoms with E-state index in [0.717, 1.165) is 17.3 Å². The predicted molar refractivity (Wildman–Crippen MR) is 52.0 cm³/mol. The number of rotatable bonds is 4. The quantitative estimate of drug-likeness (QED) is 0.797. The van der Waals surface area contributed by atoms with Crippen LogP contribution < -0.4 is 0 Å². The highest BCUT2D eigenvalue weighted by Crippen LogP contribution is 2.10. The number of hydrogen-bond acceptors (Lipinski definition) is 3. The molecule has 0 radical (unpaired) electrons. The molecule has 0 fully saturated rings. The first-order valence-corrected chi connectivity index (χ1v) is 5.14. The molecule has 0 aromatic carbocycles. The number of carbonyl (C=O) groups is 1. The lowest BCUT2D eigenvalue weighted by molar-refractivity contribution is 0.0691. The van der Waals surface area contributed by atoms with E-state index in [1.807, 2.05) is 7.05 Å². The average molecular weight is 200 g/mol. The summed E-state index contributed by atoms with van der Waals surface area (Å²) < 4.78 is 1.76. The van der Waals surface area contributed by atoms with E-state index in [1.165, 1.54) is 6.20 Å². The van der Waals surface area contributed by atoms with Crippen LogP contribution in [0, 0.1) is 0 Å². The molecule has 1 rings (SSSR count). The Hall–Kier alpha value is -0.970. The van der Waals surface area contributed by atoms with Gasteiger partial charge in [0, 0.05) is 13.2 Å². The standard InChI is InChI=1S/C8H12N2O2S/c1-3-13-5-7-9-6(8(11)12)4-10(7)2/h4H,3,5H2,1-2H3,(H,11,12). The van der Waals surface area contributed by atoms with Crippen molar-refractivity contribution in [2.24, 2.45) is 7.05 Å². The SMILES string of the molecule is CCSCc1nc(C(=O)O)cn1C. The molecule has 1 aromatic rings. The van der Waals surface area contributed by atoms with Crippen molar-refractivity contribution < 1.29 is 9.90 Å². The van der Waals surface area contributed by atoms with Gasteiger partial charge in [-0.2, -0.15) is 11.8 Å². The zero-order chi connectivity index (χ0) is 9.84. The third kappa shape index (κ3) is 2.48. The van der Waals surface area contributed by atoms with Gasteiger partial charge in [-0.05, 0) is 5.75 Å². The molecule has 72 valence electrons. The predicted octanol–water partition coefficient (Wildman–Crippen LogP) is 1.37. The molecule has 0 atom stereocenters. The normalized spacial score (nSPS) is 10.3. The Morgan fingerprint density at radius 1 is 1.77 bits per heavy atom. The zero-order valence-corrected chi connectivity index (χ0v) is 8.47. The number of hydrogen-bond donors (Lipinski definition) is 1. The number of imidazole rings is 1. The van der Waals surface area contributed by atoms with Crippen LogP contribution in [0.15, 0.2) is 6.20 Å². The molecular formula is C8H12N2O2S. The Morgan fingerprint density at radius 2 is 2.46 bits per heavy atom. The van der Waals surface area contributed by atoms with Crippen molar-refractivity contribution in [1.82, 2.24) is 9.55 Å². The van der Waals surface area contributed by atoms with Crippen LogP contribution in [-0.4, -0.2) is 26.4 Å². The van der Waals surface area contributed by atoms with Gasteiger partial charge in [0.25, 0.3) is 0 Å². The number of carboxylic acids is 1. The van der Waals surface area contributed by atoms with Gasteiger partial charge in [-0.3, -0.25) is 0 Å². The Kier molecular flexibility index (Phi) is 3.36. The van der Waals surface area contributed by atoms with Crippen molar-refractivity contribution in [3.63, 3.8) is 0 Å². The molecule has 0 aliphatic rings. The van der Waals surface area contributed by atoms with E-state index in [-0.39, 0.29) is 5.69 Å². The maximum atomic E-state index is 10.6. The first kappa shape index (κ1) is 10.1. The van der Waals surface area contributed by atoms with Gasteiger partial charge in [-0.25, -0.2) is 9.78 Å². The number of nitrogens with zero attached hydrogens (tertiary/aromatic N) is 2. The van der Waals surface area contributed by atoms with Gasteiger partial charge in [0.15, 0.2) is 5.69 Å². The smallest absolute Gasteiger partial charge is 0.356 e. The van der Waals surface area contributed by atoms with Gasteiger partial charge < -0.3 is 9.67 Å². The second-order valence-electron chi connectivity index (χ2n) is 2.60. The average Bonchev–Trinajstić information content (AvgIpc) is 2.44. The minimum absolute atomic E-state index is 0.120. The summed E-state index contributed by atoms with van der Waals surface area (Å²) in [7, 11) is 1.81. The van der Waals surface area contributed by atoms with Crippen LogP contribution in [0.4, 0.5) is 0 Å². The largest absolute Gasteiger partial charge is 0.476 e. The minimum atomic E-state index is -0.969. The second kappa shape index (κ2) is 4.32. The lowest BCUT2D eigenvalue weighted by atomic mass is 10.5. The summed E-state index contributed by atoms with van der Waals surface area (Å²) in [6.45, 7) is 2.06. The molecule has 0 amide bonds. The summed E-state index contributed by atoms with van der Waals surface area (Å²) in [5.41, 5.74) is 0.120. The Labute approximate surface area is 81.0 Å². The van der Waals surface area contributed by atoms with E-state index in [1.54, 1.807) is 16.3 Å². The summed E-state index contributed by atoms with van der Waals surface area (Å²) in [6, 6.07) is 0. The van der Waals surface area contributed by atoms with E-state index < -0.39 is 5.97 Å². The van der Waals surface area contributed by atoms with E-state index >= 15 is 0 Å². The summed E-state index contributed by atoms with van der Waals surface area (Å²) in [6.07, 6.45) is 1.54. The van der Waals surface area contributed by atoms with E-state index in [2.05, 4.69) is 11.9 Å². The molecule has 0 unspecified atom stereocenters. The number of aromatic carboxylic acids is 1. The molecule has 4 nitrogen and oxygen atoms in total. The highest BCUT2D eigenvalue weighted by molar-refractivity contribution is 7.98. The summed E-state index contributed by atoms with van der Waals surface area (Å²) in [5, 5.41) is 8.67. The first-order valence-electron chi connectivity index (χ1n) is 3.98. The monoisotopic (exact) mass is 200 g/mol. The maximum absolute atomic E-state index is 10.6. The molecule has 0 saturated heterocycles. The van der Waals surface area contributed by atoms with Gasteiger partial charge in [-0.1, -0.05) is 6.92 Å². The minimum Gasteiger partial charge on any atom is -0.476 e. The first-order chi connectivity index (χ1) is 6.15. The Balaban J connectivity index is 2.77. The maximum Gasteiger partial charge on any atom is 0.356 e. The van der Waals surface area contributed by atoms with Gasteiger partial charge in [-0.15, -0.1) is 0 Å². The van der Waals surface area contributed by atoms with Crippen LogP contribution in [0.1, 0.15) is 23.2 Å². The number of carboxylic acid groups (broad SMARTS) is 1. The molecule has 1 aromatic heterocycles. The summed E-state index contributed by atoms with van der Waals surface area (Å²) in [5.74, 6) is 1.61. The highest BCUT2D eigenvalue weighted by atomic mass is 32.2. The van der Waals surface area contributed by atoms with E-state index in [4.69, 9.17) is 5.11 Å². The molecule has 0 spiro atoms. The zero-order valence-electron chi connectivity index (χ0n) is 7.65. The van der Waals surface area contributed by atoms with Crippen LogP contribution in [-0.2, 0) is 12.8 Å². The summed E-state index contributed by atoms with van der Waals surface area (Å²) in [4.78, 5) is 14.5. The second-order valence-corrected chi connectivity index (χ2v) is 3.87. The van der Waals surface area contributed by atoms with Crippen LogP contribution in [0.25, 0.3) is 0 Å². The van der Waals surface area contributed by atoms with Crippen molar-refractivity contribution in [3.05, 3.63) is 17.7 Å². The molecule has 13 heavy (non-hydrogen) atoms. The van der Waals surface area contributed by atoms with Crippen LogP contribution in [0.2, 0.25) is 0 Å². The third-order valence-corrected chi connectivity index (χ3v) is 2.50. The molecule has 0 aliphatic heterocycles. The van der Waals surface area contributed by atoms with Crippen molar-refractivity contribution in [2.45, 2.75) is 12.7 Å². The van der Waals surface area contributed by atoms with Gasteiger partial charge in [0.1, 0.15) is 5.82 Å². The van der Waals surface area contributed by atoms with E-state index in [0.29, 0.717) is 0 Å². The van der Waals surface area contributed by atoms with Gasteiger partial charge in [0.2, 0.25) is 0 Å². The molecule has 1 N–H and O–H groups in total. The number of thioether (sulfide) groups is 1. The fourth-order valence-corrected chi connectivity index (χ4v) is 1.59. The van der Waals surface area contributed by atoms with E-state index in [9.17, 15) is 4.79 Å². The van der Waals surface area contributed by atoms with Crippen LogP contribution in [0.3, 0.4) is 0 Å². The fraction of sp³-hybridized carbons (Fsp3) is 0.500. The summed E-state index contributed by atoms with van der Waals surface area (Å²) >= 11 is 1.72.